The SMILES string of the molecule is O=C(c1ccccc1)C1CCN(CCC(NS(=O)(=O)c2ccccc2)c2ccccc2)CC1. The molecule has 1 unspecified atom stereocenters. The molecule has 0 aliphatic carbocycles. The summed E-state index contributed by atoms with van der Waals surface area (Å²) >= 11 is 0. The monoisotopic (exact) mass is 462 g/mol. The maximum atomic E-state index is 13.0. The van der Waals surface area contributed by atoms with E-state index >= 15 is 0 Å². The fourth-order valence-electron chi connectivity index (χ4n) is 4.40. The van der Waals surface area contributed by atoms with Crippen LogP contribution in [0.1, 0.15) is 41.2 Å². The number of sulfonamides is 1. The molecule has 33 heavy (non-hydrogen) atoms. The van der Waals surface area contributed by atoms with Crippen molar-refractivity contribution in [3.05, 3.63) is 102 Å². The van der Waals surface area contributed by atoms with Crippen LogP contribution in [0.3, 0.4) is 0 Å². The number of likely N-dealkylation sites (tertiary alicyclic amines) is 1. The summed E-state index contributed by atoms with van der Waals surface area (Å²) in [6.45, 7) is 2.45. The van der Waals surface area contributed by atoms with E-state index in [4.69, 9.17) is 0 Å². The van der Waals surface area contributed by atoms with Crippen molar-refractivity contribution in [2.45, 2.75) is 30.2 Å². The van der Waals surface area contributed by atoms with Crippen LogP contribution in [0.2, 0.25) is 0 Å². The van der Waals surface area contributed by atoms with Crippen LogP contribution in [0, 0.1) is 5.92 Å². The molecule has 1 fully saturated rings. The first-order valence-corrected chi connectivity index (χ1v) is 13.0. The number of nitrogens with one attached hydrogen (secondary N) is 1. The predicted octanol–water partition coefficient (Wildman–Crippen LogP) is 4.69. The first-order valence-electron chi connectivity index (χ1n) is 11.5. The molecule has 5 nitrogen and oxygen atoms in total. The molecule has 6 heteroatoms. The van der Waals surface area contributed by atoms with E-state index in [1.165, 1.54) is 0 Å². The molecule has 1 N–H and O–H groups in total. The van der Waals surface area contributed by atoms with Gasteiger partial charge in [-0.1, -0.05) is 78.9 Å². The van der Waals surface area contributed by atoms with Gasteiger partial charge in [0.1, 0.15) is 0 Å². The topological polar surface area (TPSA) is 66.5 Å². The molecule has 0 radical (unpaired) electrons. The molecule has 4 rings (SSSR count). The number of benzene rings is 3. The molecule has 0 saturated carbocycles. The summed E-state index contributed by atoms with van der Waals surface area (Å²) in [5.41, 5.74) is 1.74. The third-order valence-corrected chi connectivity index (χ3v) is 7.79. The number of piperidine rings is 1. The quantitative estimate of drug-likeness (QED) is 0.469. The Labute approximate surface area is 196 Å². The third-order valence-electron chi connectivity index (χ3n) is 6.30. The Balaban J connectivity index is 1.37. The average Bonchev–Trinajstić information content (AvgIpc) is 2.88. The number of hydrogen-bond acceptors (Lipinski definition) is 4. The number of ketones is 1. The lowest BCUT2D eigenvalue weighted by Gasteiger charge is -2.32. The minimum Gasteiger partial charge on any atom is -0.303 e. The lowest BCUT2D eigenvalue weighted by Crippen LogP contribution is -2.38. The summed E-state index contributed by atoms with van der Waals surface area (Å²) in [7, 11) is -3.62. The molecule has 3 aromatic rings. The van der Waals surface area contributed by atoms with Gasteiger partial charge in [0.2, 0.25) is 10.0 Å². The van der Waals surface area contributed by atoms with Crippen LogP contribution < -0.4 is 4.72 Å². The second-order valence-corrected chi connectivity index (χ2v) is 10.2. The summed E-state index contributed by atoms with van der Waals surface area (Å²) in [5, 5.41) is 0. The third kappa shape index (κ3) is 6.16. The molecule has 1 aliphatic rings. The highest BCUT2D eigenvalue weighted by Crippen LogP contribution is 2.25. The zero-order valence-corrected chi connectivity index (χ0v) is 19.5. The molecular weight excluding hydrogens is 432 g/mol. The highest BCUT2D eigenvalue weighted by atomic mass is 32.2. The van der Waals surface area contributed by atoms with E-state index in [1.54, 1.807) is 30.3 Å². The molecule has 0 bridgehead atoms. The number of hydrogen-bond donors (Lipinski definition) is 1. The van der Waals surface area contributed by atoms with Gasteiger partial charge in [-0.05, 0) is 56.6 Å². The summed E-state index contributed by atoms with van der Waals surface area (Å²) < 4.78 is 28.8. The lowest BCUT2D eigenvalue weighted by atomic mass is 9.88. The van der Waals surface area contributed by atoms with Gasteiger partial charge >= 0.3 is 0 Å². The largest absolute Gasteiger partial charge is 0.303 e. The minimum atomic E-state index is -3.62. The Morgan fingerprint density at radius 3 is 2.00 bits per heavy atom. The van der Waals surface area contributed by atoms with Gasteiger partial charge in [0, 0.05) is 17.5 Å². The van der Waals surface area contributed by atoms with E-state index in [9.17, 15) is 13.2 Å². The molecule has 1 atom stereocenters. The van der Waals surface area contributed by atoms with Gasteiger partial charge in [0.15, 0.2) is 5.78 Å². The van der Waals surface area contributed by atoms with Crippen LogP contribution in [0.25, 0.3) is 0 Å². The van der Waals surface area contributed by atoms with Gasteiger partial charge in [0.25, 0.3) is 0 Å². The zero-order chi connectivity index (χ0) is 23.1. The summed E-state index contributed by atoms with van der Waals surface area (Å²) in [6, 6.07) is 27.4. The van der Waals surface area contributed by atoms with E-state index in [-0.39, 0.29) is 22.6 Å². The highest BCUT2D eigenvalue weighted by molar-refractivity contribution is 7.89. The van der Waals surface area contributed by atoms with Crippen LogP contribution in [0.15, 0.2) is 95.9 Å². The fraction of sp³-hybridized carbons (Fsp3) is 0.296. The number of carbonyl (C=O) groups excluding carboxylic acids is 1. The summed E-state index contributed by atoms with van der Waals surface area (Å²) in [5.74, 6) is 0.290. The molecule has 1 heterocycles. The van der Waals surface area contributed by atoms with Crippen molar-refractivity contribution in [2.24, 2.45) is 5.92 Å². The van der Waals surface area contributed by atoms with Crippen LogP contribution in [-0.4, -0.2) is 38.7 Å². The maximum absolute atomic E-state index is 13.0. The lowest BCUT2D eigenvalue weighted by molar-refractivity contribution is 0.0837. The van der Waals surface area contributed by atoms with Crippen molar-refractivity contribution < 1.29 is 13.2 Å². The second-order valence-electron chi connectivity index (χ2n) is 8.53. The Hall–Kier alpha value is -2.80. The Morgan fingerprint density at radius 2 is 1.39 bits per heavy atom. The zero-order valence-electron chi connectivity index (χ0n) is 18.6. The van der Waals surface area contributed by atoms with Gasteiger partial charge in [-0.3, -0.25) is 4.79 Å². The van der Waals surface area contributed by atoms with Crippen LogP contribution in [-0.2, 0) is 10.0 Å². The van der Waals surface area contributed by atoms with Gasteiger partial charge in [-0.15, -0.1) is 0 Å². The molecule has 0 spiro atoms. The minimum absolute atomic E-state index is 0.0603. The van der Waals surface area contributed by atoms with Crippen molar-refractivity contribution in [1.82, 2.24) is 9.62 Å². The van der Waals surface area contributed by atoms with Crippen molar-refractivity contribution in [3.63, 3.8) is 0 Å². The molecule has 1 saturated heterocycles. The molecule has 172 valence electrons. The van der Waals surface area contributed by atoms with Gasteiger partial charge in [-0.25, -0.2) is 13.1 Å². The van der Waals surface area contributed by atoms with Crippen molar-refractivity contribution in [2.75, 3.05) is 19.6 Å². The number of nitrogens with zero attached hydrogens (tertiary/aromatic N) is 1. The van der Waals surface area contributed by atoms with Crippen LogP contribution >= 0.6 is 0 Å². The first-order chi connectivity index (χ1) is 16.0. The van der Waals surface area contributed by atoms with Crippen molar-refractivity contribution in [3.8, 4) is 0 Å². The standard InChI is InChI=1S/C27H30N2O3S/c30-27(23-12-6-2-7-13-23)24-16-19-29(20-17-24)21-18-26(22-10-4-1-5-11-22)28-33(31,32)25-14-8-3-9-15-25/h1-15,24,26,28H,16-21H2. The highest BCUT2D eigenvalue weighted by Gasteiger charge is 2.27. The molecule has 0 aromatic heterocycles. The van der Waals surface area contributed by atoms with Crippen LogP contribution in [0.4, 0.5) is 0 Å². The molecule has 1 aliphatic heterocycles. The number of Topliss-reactive ketones (excluding diaryl/α,β-unsaturated/α-hetero) is 1. The second kappa shape index (κ2) is 10.9. The average molecular weight is 463 g/mol. The van der Waals surface area contributed by atoms with Crippen molar-refractivity contribution in [1.29, 1.82) is 0 Å². The van der Waals surface area contributed by atoms with E-state index in [0.29, 0.717) is 6.42 Å². The molecular formula is C27H30N2O3S. The van der Waals surface area contributed by atoms with E-state index in [1.807, 2.05) is 60.7 Å². The predicted molar refractivity (Wildman–Crippen MR) is 130 cm³/mol. The van der Waals surface area contributed by atoms with Gasteiger partial charge in [-0.2, -0.15) is 0 Å². The van der Waals surface area contributed by atoms with E-state index < -0.39 is 10.0 Å². The number of rotatable bonds is 9. The Morgan fingerprint density at radius 1 is 0.848 bits per heavy atom. The van der Waals surface area contributed by atoms with Crippen molar-refractivity contribution >= 4 is 15.8 Å². The van der Waals surface area contributed by atoms with Crippen LogP contribution in [0.5, 0.6) is 0 Å². The first kappa shape index (κ1) is 23.4. The Kier molecular flexibility index (Phi) is 7.70. The van der Waals surface area contributed by atoms with E-state index in [0.717, 1.165) is 43.6 Å². The number of carbonyl (C=O) groups is 1. The molecule has 3 aromatic carbocycles. The Bertz CT molecular complexity index is 1130. The van der Waals surface area contributed by atoms with E-state index in [2.05, 4.69) is 9.62 Å². The normalized spacial score (nSPS) is 16.4. The molecule has 0 amide bonds. The fourth-order valence-corrected chi connectivity index (χ4v) is 5.68. The smallest absolute Gasteiger partial charge is 0.241 e. The maximum Gasteiger partial charge on any atom is 0.241 e. The summed E-state index contributed by atoms with van der Waals surface area (Å²) in [4.78, 5) is 15.4. The van der Waals surface area contributed by atoms with Gasteiger partial charge < -0.3 is 4.90 Å². The van der Waals surface area contributed by atoms with Gasteiger partial charge in [0.05, 0.1) is 4.90 Å². The summed E-state index contributed by atoms with van der Waals surface area (Å²) in [6.07, 6.45) is 2.33.